The summed E-state index contributed by atoms with van der Waals surface area (Å²) in [4.78, 5) is 0. The summed E-state index contributed by atoms with van der Waals surface area (Å²) in [6.07, 6.45) is 0. The van der Waals surface area contributed by atoms with E-state index in [0.717, 1.165) is 33.4 Å². The van der Waals surface area contributed by atoms with Gasteiger partial charge in [-0.1, -0.05) is 450 Å². The molecule has 0 amide bonds. The third-order valence-electron chi connectivity index (χ3n) is 19.6. The quantitative estimate of drug-likeness (QED) is 0.0777. The van der Waals surface area contributed by atoms with Crippen molar-refractivity contribution < 1.29 is 39.2 Å². The van der Waals surface area contributed by atoms with Gasteiger partial charge in [0.25, 0.3) is 0 Å². The number of allylic oxidation sites excluding steroid dienone is 1. The van der Waals surface area contributed by atoms with Crippen LogP contribution in [0.1, 0.15) is 72.8 Å². The van der Waals surface area contributed by atoms with Crippen LogP contribution in [-0.2, 0) is 43.7 Å². The number of aliphatic hydroxyl groups is 1. The molecule has 0 aliphatic heterocycles. The Labute approximate surface area is 676 Å². The first-order valence-corrected chi connectivity index (χ1v) is 36.7. The normalized spacial score (nSPS) is 10.5. The zero-order chi connectivity index (χ0) is 73.6. The molecule has 527 valence electrons. The van der Waals surface area contributed by atoms with Crippen LogP contribution in [0.15, 0.2) is 449 Å². The Kier molecular flexibility index (Phi) is 26.3. The van der Waals surface area contributed by atoms with Crippen LogP contribution in [0.25, 0.3) is 88.0 Å². The maximum Gasteiger partial charge on any atom is 0.177 e. The fraction of sp³-hybridized carbons (Fsp3) is 0.0463. The molecule has 110 heavy (non-hydrogen) atoms. The van der Waals surface area contributed by atoms with Gasteiger partial charge in [0, 0.05) is 60.5 Å². The van der Waals surface area contributed by atoms with Crippen LogP contribution >= 0.6 is 0 Å². The number of hydrogen-bond acceptors (Lipinski definition) is 1. The van der Waals surface area contributed by atoms with Gasteiger partial charge in [-0.3, -0.25) is 0 Å². The van der Waals surface area contributed by atoms with Crippen molar-refractivity contribution in [2.24, 2.45) is 0 Å². The molecule has 0 saturated heterocycles. The molecule has 0 spiro atoms. The summed E-state index contributed by atoms with van der Waals surface area (Å²) in [5.41, 5.74) is 23.7. The summed E-state index contributed by atoms with van der Waals surface area (Å²) >= 11 is 0. The van der Waals surface area contributed by atoms with Gasteiger partial charge >= 0.3 is 0 Å². The predicted molar refractivity (Wildman–Crippen MR) is 465 cm³/mol. The van der Waals surface area contributed by atoms with Crippen LogP contribution in [0.3, 0.4) is 0 Å². The third kappa shape index (κ3) is 17.9. The van der Waals surface area contributed by atoms with Crippen LogP contribution in [0, 0.1) is 23.7 Å². The molecule has 0 heterocycles. The zero-order valence-corrected chi connectivity index (χ0v) is 64.0. The van der Waals surface area contributed by atoms with Crippen molar-refractivity contribution in [1.29, 1.82) is 0 Å². The summed E-state index contributed by atoms with van der Waals surface area (Å²) in [6, 6.07) is 153. The number of rotatable bonds is 11. The minimum absolute atomic E-state index is 0. The largest absolute Gasteiger partial charge is 1.00 e. The Morgan fingerprint density at radius 3 is 0.764 bits per heavy atom. The summed E-state index contributed by atoms with van der Waals surface area (Å²) < 4.78 is 0. The van der Waals surface area contributed by atoms with Crippen molar-refractivity contribution in [1.82, 2.24) is 0 Å². The zero-order valence-electron chi connectivity index (χ0n) is 62.2. The maximum absolute atomic E-state index is 11.2. The van der Waals surface area contributed by atoms with Crippen LogP contribution < -0.4 is 0 Å². The van der Waals surface area contributed by atoms with Crippen molar-refractivity contribution >= 4 is 43.5 Å². The van der Waals surface area contributed by atoms with E-state index in [0.29, 0.717) is 0 Å². The Morgan fingerprint density at radius 2 is 0.482 bits per heavy atom. The van der Waals surface area contributed by atoms with E-state index in [-0.39, 0.29) is 47.0 Å². The summed E-state index contributed by atoms with van der Waals surface area (Å²) in [6.45, 7) is 4.30. The Morgan fingerprint density at radius 1 is 0.264 bits per heavy atom. The number of hydrogen-bond donors (Lipinski definition) is 1. The molecule has 0 bridgehead atoms. The first-order valence-electron chi connectivity index (χ1n) is 36.7. The van der Waals surface area contributed by atoms with Gasteiger partial charge in [0.05, 0.1) is 5.41 Å². The molecule has 1 radical (unpaired) electrons. The van der Waals surface area contributed by atoms with Crippen LogP contribution in [0.4, 0.5) is 0 Å². The average molecular weight is 1490 g/mol. The van der Waals surface area contributed by atoms with Gasteiger partial charge in [0.2, 0.25) is 0 Å². The first kappa shape index (κ1) is 76.9. The second kappa shape index (κ2) is 37.7. The van der Waals surface area contributed by atoms with Gasteiger partial charge in [-0.05, 0) is 148 Å². The molecule has 0 aliphatic carbocycles. The van der Waals surface area contributed by atoms with Gasteiger partial charge < -0.3 is 6.53 Å². The molecule has 0 aliphatic rings. The summed E-state index contributed by atoms with van der Waals surface area (Å²) in [7, 11) is 0. The minimum atomic E-state index is -1.32. The van der Waals surface area contributed by atoms with Gasteiger partial charge in [0.15, 0.2) is 5.60 Å². The Hall–Kier alpha value is -12.8. The van der Waals surface area contributed by atoms with Gasteiger partial charge in [-0.15, -0.1) is 5.73 Å². The fourth-order valence-corrected chi connectivity index (χ4v) is 14.1. The van der Waals surface area contributed by atoms with E-state index >= 15 is 0 Å². The molecule has 17 rings (SSSR count). The molecular weight excluding hydrogens is 1400 g/mol. The standard InChI is InChI=1S/C42H28.2C22H18.C21H16O.CH4.Y.H/c1-5-17-29(18-6-1)37-33-25-13-14-26-34(33)39(31-21-9-3-10-22-31)42-40(32-23-11-4-12-24-32)36-28-16-15-27-35(36)38(41(37)42)30-19-7-2-8-20-30;1-22(20-13-7-3-8-14-20,21-15-9-4-10-16-21)18-17-19-11-5-2-6-12-19;1-18(19-11-5-2-6-12-19)17-22(20-13-7-3-8-14-20)21-15-9-4-10-16-21;22-21(19-12-6-2-7-13-19,20-14-8-3-9-15-20)17-16-18-10-4-1-5-11-18;;;/h1-28H;2*2-16H,1H3;1-15,22H;1H4;;/q;;;;;;-1/i;;;;;;1+1. The van der Waals surface area contributed by atoms with Gasteiger partial charge in [0.1, 0.15) is 0 Å². The van der Waals surface area contributed by atoms with E-state index in [4.69, 9.17) is 0 Å². The van der Waals surface area contributed by atoms with Crippen molar-refractivity contribution in [2.75, 3.05) is 0 Å². The fourth-order valence-electron chi connectivity index (χ4n) is 14.1. The predicted octanol–water partition coefficient (Wildman–Crippen LogP) is 27.4. The Balaban J connectivity index is 0.000000153. The van der Waals surface area contributed by atoms with Crippen molar-refractivity contribution in [2.45, 2.75) is 32.3 Å². The maximum atomic E-state index is 11.2. The molecular formula is C108H85OY-. The second-order valence-electron chi connectivity index (χ2n) is 26.6. The molecule has 0 unspecified atom stereocenters. The van der Waals surface area contributed by atoms with Crippen LogP contribution in [0.5, 0.6) is 0 Å². The number of benzene rings is 17. The first-order chi connectivity index (χ1) is 53.3. The van der Waals surface area contributed by atoms with Gasteiger partial charge in [-0.25, -0.2) is 0 Å². The van der Waals surface area contributed by atoms with Gasteiger partial charge in [-0.2, -0.15) is 0 Å². The van der Waals surface area contributed by atoms with Crippen molar-refractivity contribution in [3.8, 4) is 68.2 Å². The van der Waals surface area contributed by atoms with E-state index < -0.39 is 5.60 Å². The smallest absolute Gasteiger partial charge is 0.177 e. The van der Waals surface area contributed by atoms with Crippen molar-refractivity contribution in [3.63, 3.8) is 0 Å². The minimum Gasteiger partial charge on any atom is -1.00 e. The molecule has 17 aromatic rings. The second-order valence-corrected chi connectivity index (χ2v) is 26.6. The monoisotopic (exact) mass is 1490 g/mol. The SMILES string of the molecule is C.CC(=C=C(c1ccccc1)c1ccccc1)c1ccccc1.CC(C#Cc1ccccc1)(c1ccccc1)c1ccccc1.OC(C#Cc1ccccc1)(c1ccccc1)c1ccccc1.[2H-].[Y].c1ccc(-c2c3ccccc3c(-c3ccccc3)c3c(-c4ccccc4)c4ccccc4c(-c4ccccc4)c23)cc1. The molecule has 1 nitrogen and oxygen atoms in total. The van der Waals surface area contributed by atoms with E-state index in [9.17, 15) is 5.11 Å². The van der Waals surface area contributed by atoms with Crippen LogP contribution in [0.2, 0.25) is 0 Å². The third-order valence-corrected chi connectivity index (χ3v) is 19.6. The number of fused-ring (bicyclic) bond motifs is 3. The molecule has 17 aromatic carbocycles. The van der Waals surface area contributed by atoms with E-state index in [2.05, 4.69) is 334 Å². The Bertz CT molecular complexity index is 5400. The topological polar surface area (TPSA) is 20.2 Å². The molecule has 1 N–H and O–H groups in total. The summed E-state index contributed by atoms with van der Waals surface area (Å²) in [5, 5.41) is 18.9. The van der Waals surface area contributed by atoms with E-state index in [1.165, 1.54) is 105 Å². The van der Waals surface area contributed by atoms with E-state index in [1.54, 1.807) is 0 Å². The molecule has 0 atom stereocenters. The molecule has 0 saturated carbocycles. The molecule has 0 fully saturated rings. The molecule has 0 aromatic heterocycles. The van der Waals surface area contributed by atoms with E-state index in [1.807, 2.05) is 152 Å². The van der Waals surface area contributed by atoms with Crippen molar-refractivity contribution in [3.05, 3.63) is 499 Å². The molecule has 2 heteroatoms. The van der Waals surface area contributed by atoms with Crippen LogP contribution in [-0.4, -0.2) is 5.11 Å². The summed E-state index contributed by atoms with van der Waals surface area (Å²) in [5.74, 6) is 13.0. The average Bonchev–Trinajstić information content (AvgIpc) is 0.698.